The highest BCUT2D eigenvalue weighted by atomic mass is 16.6. The number of unbranched alkanes of at least 4 members (excludes halogenated alkanes) is 5. The largest absolute Gasteiger partial charge is 0.505 e. The quantitative estimate of drug-likeness (QED) is 0.294. The summed E-state index contributed by atoms with van der Waals surface area (Å²) in [5.74, 6) is 0.709. The standard InChI is InChI=1S/C21H26N4O4/c1-3-4-5-6-7-8-9-15-12-17(29-2)14-20(21(15)26)24-22-18-11-10-16(25(27)28)13-19(18)23-24/h10-14,26H,3-9H2,1-2H3. The highest BCUT2D eigenvalue weighted by molar-refractivity contribution is 5.77. The fourth-order valence-electron chi connectivity index (χ4n) is 3.33. The van der Waals surface area contributed by atoms with Crippen LogP contribution in [0.15, 0.2) is 30.3 Å². The van der Waals surface area contributed by atoms with E-state index in [1.165, 1.54) is 42.6 Å². The molecule has 3 rings (SSSR count). The Morgan fingerprint density at radius 3 is 2.52 bits per heavy atom. The fourth-order valence-corrected chi connectivity index (χ4v) is 3.33. The SMILES string of the molecule is CCCCCCCCc1cc(OC)cc(-n2nc3ccc([N+](=O)[O-])cc3n2)c1O. The van der Waals surface area contributed by atoms with Crippen LogP contribution in [0.2, 0.25) is 0 Å². The van der Waals surface area contributed by atoms with Crippen molar-refractivity contribution in [2.75, 3.05) is 7.11 Å². The zero-order valence-corrected chi connectivity index (χ0v) is 16.8. The van der Waals surface area contributed by atoms with E-state index in [1.54, 1.807) is 19.2 Å². The minimum Gasteiger partial charge on any atom is -0.505 e. The Morgan fingerprint density at radius 2 is 1.79 bits per heavy atom. The van der Waals surface area contributed by atoms with Crippen molar-refractivity contribution in [3.05, 3.63) is 46.0 Å². The summed E-state index contributed by atoms with van der Waals surface area (Å²) in [5, 5.41) is 30.5. The Balaban J connectivity index is 1.86. The number of aromatic hydroxyl groups is 1. The van der Waals surface area contributed by atoms with E-state index in [-0.39, 0.29) is 11.4 Å². The maximum atomic E-state index is 11.0. The number of aryl methyl sites for hydroxylation is 1. The van der Waals surface area contributed by atoms with Gasteiger partial charge in [-0.2, -0.15) is 0 Å². The molecule has 0 spiro atoms. The van der Waals surface area contributed by atoms with Crippen molar-refractivity contribution in [1.29, 1.82) is 0 Å². The molecule has 1 aromatic heterocycles. The maximum absolute atomic E-state index is 11.0. The fraction of sp³-hybridized carbons (Fsp3) is 0.429. The normalized spacial score (nSPS) is 11.1. The lowest BCUT2D eigenvalue weighted by Crippen LogP contribution is -2.02. The van der Waals surface area contributed by atoms with Crippen LogP contribution in [-0.2, 0) is 6.42 Å². The number of hydrogen-bond donors (Lipinski definition) is 1. The molecule has 0 bridgehead atoms. The van der Waals surface area contributed by atoms with Crippen LogP contribution < -0.4 is 4.74 Å². The number of ether oxygens (including phenoxy) is 1. The molecule has 8 heteroatoms. The van der Waals surface area contributed by atoms with Gasteiger partial charge in [0.2, 0.25) is 0 Å². The highest BCUT2D eigenvalue weighted by Gasteiger charge is 2.16. The summed E-state index contributed by atoms with van der Waals surface area (Å²) in [5.41, 5.74) is 2.02. The lowest BCUT2D eigenvalue weighted by atomic mass is 10.0. The Labute approximate surface area is 169 Å². The molecule has 0 aliphatic carbocycles. The Bertz CT molecular complexity index is 1000. The summed E-state index contributed by atoms with van der Waals surface area (Å²) in [7, 11) is 1.57. The monoisotopic (exact) mass is 398 g/mol. The van der Waals surface area contributed by atoms with E-state index in [0.717, 1.165) is 24.8 Å². The molecule has 3 aromatic rings. The van der Waals surface area contributed by atoms with Gasteiger partial charge >= 0.3 is 0 Å². The van der Waals surface area contributed by atoms with E-state index in [4.69, 9.17) is 4.74 Å². The van der Waals surface area contributed by atoms with Gasteiger partial charge < -0.3 is 9.84 Å². The van der Waals surface area contributed by atoms with Crippen molar-refractivity contribution in [3.63, 3.8) is 0 Å². The number of phenolic OH excluding ortho intramolecular Hbond substituents is 1. The summed E-state index contributed by atoms with van der Waals surface area (Å²) < 4.78 is 5.39. The van der Waals surface area contributed by atoms with Gasteiger partial charge in [-0.15, -0.1) is 15.0 Å². The van der Waals surface area contributed by atoms with E-state index in [0.29, 0.717) is 22.5 Å². The second-order valence-electron chi connectivity index (χ2n) is 7.09. The van der Waals surface area contributed by atoms with E-state index in [9.17, 15) is 15.2 Å². The number of benzene rings is 2. The molecule has 29 heavy (non-hydrogen) atoms. The van der Waals surface area contributed by atoms with Crippen molar-refractivity contribution in [3.8, 4) is 17.2 Å². The van der Waals surface area contributed by atoms with Gasteiger partial charge in [-0.1, -0.05) is 39.0 Å². The second-order valence-corrected chi connectivity index (χ2v) is 7.09. The number of fused-ring (bicyclic) bond motifs is 1. The average molecular weight is 398 g/mol. The zero-order valence-electron chi connectivity index (χ0n) is 16.8. The molecule has 1 heterocycles. The molecule has 154 valence electrons. The number of aromatic nitrogens is 3. The predicted molar refractivity (Wildman–Crippen MR) is 111 cm³/mol. The van der Waals surface area contributed by atoms with Crippen molar-refractivity contribution >= 4 is 16.7 Å². The van der Waals surface area contributed by atoms with Gasteiger partial charge in [-0.05, 0) is 30.5 Å². The number of phenols is 1. The van der Waals surface area contributed by atoms with Crippen molar-refractivity contribution < 1.29 is 14.8 Å². The molecule has 0 saturated heterocycles. The molecule has 0 aliphatic rings. The molecule has 8 nitrogen and oxygen atoms in total. The minimum atomic E-state index is -0.472. The number of rotatable bonds is 10. The van der Waals surface area contributed by atoms with Crippen molar-refractivity contribution in [1.82, 2.24) is 15.0 Å². The smallest absolute Gasteiger partial charge is 0.271 e. The molecular formula is C21H26N4O4. The summed E-state index contributed by atoms with van der Waals surface area (Å²) in [6.45, 7) is 2.20. The summed E-state index contributed by atoms with van der Waals surface area (Å²) in [6, 6.07) is 7.79. The van der Waals surface area contributed by atoms with Crippen LogP contribution in [0.25, 0.3) is 16.7 Å². The molecule has 0 aliphatic heterocycles. The summed E-state index contributed by atoms with van der Waals surface area (Å²) in [4.78, 5) is 11.8. The molecule has 0 saturated carbocycles. The van der Waals surface area contributed by atoms with E-state index in [2.05, 4.69) is 17.1 Å². The number of nitro benzene ring substituents is 1. The first-order chi connectivity index (χ1) is 14.0. The molecule has 0 fully saturated rings. The molecule has 0 radical (unpaired) electrons. The molecule has 0 unspecified atom stereocenters. The van der Waals surface area contributed by atoms with Crippen LogP contribution in [0.3, 0.4) is 0 Å². The van der Waals surface area contributed by atoms with Gasteiger partial charge in [-0.3, -0.25) is 10.1 Å². The first kappa shape index (κ1) is 20.6. The number of methoxy groups -OCH3 is 1. The van der Waals surface area contributed by atoms with Gasteiger partial charge in [0.25, 0.3) is 5.69 Å². The molecule has 1 N–H and O–H groups in total. The predicted octanol–water partition coefficient (Wildman–Crippen LogP) is 4.95. The third kappa shape index (κ3) is 4.82. The van der Waals surface area contributed by atoms with Crippen LogP contribution in [-0.4, -0.2) is 32.1 Å². The van der Waals surface area contributed by atoms with Crippen LogP contribution in [0.5, 0.6) is 11.5 Å². The summed E-state index contributed by atoms with van der Waals surface area (Å²) in [6.07, 6.45) is 7.72. The van der Waals surface area contributed by atoms with E-state index < -0.39 is 4.92 Å². The third-order valence-corrected chi connectivity index (χ3v) is 4.97. The lowest BCUT2D eigenvalue weighted by Gasteiger charge is -2.12. The zero-order chi connectivity index (χ0) is 20.8. The minimum absolute atomic E-state index is 0.0526. The number of hydrogen-bond acceptors (Lipinski definition) is 6. The molecular weight excluding hydrogens is 372 g/mol. The summed E-state index contributed by atoms with van der Waals surface area (Å²) >= 11 is 0. The van der Waals surface area contributed by atoms with Crippen molar-refractivity contribution in [2.24, 2.45) is 0 Å². The number of non-ortho nitro benzene ring substituents is 1. The number of nitro groups is 1. The van der Waals surface area contributed by atoms with Gasteiger partial charge in [0.1, 0.15) is 28.2 Å². The lowest BCUT2D eigenvalue weighted by molar-refractivity contribution is -0.384. The molecule has 0 amide bonds. The van der Waals surface area contributed by atoms with Crippen LogP contribution in [0, 0.1) is 10.1 Å². The first-order valence-electron chi connectivity index (χ1n) is 9.95. The van der Waals surface area contributed by atoms with Crippen LogP contribution in [0.1, 0.15) is 51.0 Å². The third-order valence-electron chi connectivity index (χ3n) is 4.97. The molecule has 0 atom stereocenters. The Hall–Kier alpha value is -3.16. The Kier molecular flexibility index (Phi) is 6.64. The van der Waals surface area contributed by atoms with Gasteiger partial charge in [0, 0.05) is 18.2 Å². The number of nitrogens with zero attached hydrogens (tertiary/aromatic N) is 4. The second kappa shape index (κ2) is 9.36. The molecule has 2 aromatic carbocycles. The van der Waals surface area contributed by atoms with E-state index >= 15 is 0 Å². The van der Waals surface area contributed by atoms with Crippen LogP contribution in [0.4, 0.5) is 5.69 Å². The van der Waals surface area contributed by atoms with Crippen molar-refractivity contribution in [2.45, 2.75) is 51.9 Å². The van der Waals surface area contributed by atoms with Gasteiger partial charge in [-0.25, -0.2) is 0 Å². The van der Waals surface area contributed by atoms with Gasteiger partial charge in [0.05, 0.1) is 12.0 Å². The first-order valence-corrected chi connectivity index (χ1v) is 9.95. The average Bonchev–Trinajstić information content (AvgIpc) is 3.14. The van der Waals surface area contributed by atoms with E-state index in [1.807, 2.05) is 6.07 Å². The maximum Gasteiger partial charge on any atom is 0.271 e. The topological polar surface area (TPSA) is 103 Å². The van der Waals surface area contributed by atoms with Gasteiger partial charge in [0.15, 0.2) is 0 Å². The van der Waals surface area contributed by atoms with Crippen LogP contribution >= 0.6 is 0 Å². The highest BCUT2D eigenvalue weighted by Crippen LogP contribution is 2.32. The Morgan fingerprint density at radius 1 is 1.07 bits per heavy atom.